The Bertz CT molecular complexity index is 684. The number of carbonyl (C=O) groups is 1. The molecule has 2 heterocycles. The number of nitrogens with one attached hydrogen (secondary N) is 1. The molecular weight excluding hydrogens is 302 g/mol. The molecule has 0 radical (unpaired) electrons. The first kappa shape index (κ1) is 14.9. The third kappa shape index (κ3) is 3.25. The van der Waals surface area contributed by atoms with Crippen LogP contribution in [0.1, 0.15) is 23.2 Å². The van der Waals surface area contributed by atoms with Crippen molar-refractivity contribution in [2.75, 3.05) is 13.2 Å². The van der Waals surface area contributed by atoms with Gasteiger partial charge in [0.15, 0.2) is 6.61 Å². The second kappa shape index (κ2) is 6.40. The number of rotatable bonds is 3. The molecule has 6 heteroatoms. The highest BCUT2D eigenvalue weighted by atomic mass is 35.5. The van der Waals surface area contributed by atoms with E-state index >= 15 is 0 Å². The standard InChI is InChI=1S/C16H18ClN3O2/c1-11-4-5-13(17)7-15(11)22-10-16(21)20-6-2-3-14-12(9-20)8-18-19-14/h4-5,7-8H,2-3,6,9-10H2,1H3,(H,18,19). The van der Waals surface area contributed by atoms with Crippen molar-refractivity contribution in [1.29, 1.82) is 0 Å². The lowest BCUT2D eigenvalue weighted by Crippen LogP contribution is -2.34. The predicted octanol–water partition coefficient (Wildman–Crippen LogP) is 2.73. The fraction of sp³-hybridized carbons (Fsp3) is 0.375. The van der Waals surface area contributed by atoms with Crippen LogP contribution >= 0.6 is 11.6 Å². The smallest absolute Gasteiger partial charge is 0.260 e. The number of hydrogen-bond acceptors (Lipinski definition) is 3. The Hall–Kier alpha value is -2.01. The number of carbonyl (C=O) groups excluding carboxylic acids is 1. The highest BCUT2D eigenvalue weighted by Gasteiger charge is 2.20. The van der Waals surface area contributed by atoms with E-state index in [0.29, 0.717) is 17.3 Å². The molecule has 1 aromatic heterocycles. The number of hydrogen-bond donors (Lipinski definition) is 1. The number of H-pyrrole nitrogens is 1. The van der Waals surface area contributed by atoms with E-state index < -0.39 is 0 Å². The molecule has 1 amide bonds. The van der Waals surface area contributed by atoms with Crippen molar-refractivity contribution in [1.82, 2.24) is 15.1 Å². The average molecular weight is 320 g/mol. The minimum absolute atomic E-state index is 0.0200. The van der Waals surface area contributed by atoms with Crippen LogP contribution in [-0.2, 0) is 17.8 Å². The molecule has 0 fully saturated rings. The van der Waals surface area contributed by atoms with Crippen LogP contribution in [0.2, 0.25) is 5.02 Å². The third-order valence-electron chi connectivity index (χ3n) is 3.88. The molecule has 0 saturated heterocycles. The topological polar surface area (TPSA) is 58.2 Å². The summed E-state index contributed by atoms with van der Waals surface area (Å²) in [6.45, 7) is 3.27. The summed E-state index contributed by atoms with van der Waals surface area (Å²) in [5, 5.41) is 7.64. The summed E-state index contributed by atoms with van der Waals surface area (Å²) in [5.74, 6) is 0.632. The van der Waals surface area contributed by atoms with Gasteiger partial charge < -0.3 is 9.64 Å². The van der Waals surface area contributed by atoms with E-state index in [1.165, 1.54) is 0 Å². The minimum atomic E-state index is -0.0200. The van der Waals surface area contributed by atoms with Gasteiger partial charge in [0.1, 0.15) is 5.75 Å². The predicted molar refractivity (Wildman–Crippen MR) is 84.0 cm³/mol. The van der Waals surface area contributed by atoms with Crippen LogP contribution in [0.25, 0.3) is 0 Å². The molecule has 1 aliphatic rings. The van der Waals surface area contributed by atoms with E-state index in [-0.39, 0.29) is 12.5 Å². The maximum absolute atomic E-state index is 12.4. The van der Waals surface area contributed by atoms with Gasteiger partial charge in [0.05, 0.1) is 6.20 Å². The summed E-state index contributed by atoms with van der Waals surface area (Å²) in [4.78, 5) is 14.2. The number of fused-ring (bicyclic) bond motifs is 1. The first-order valence-electron chi connectivity index (χ1n) is 7.31. The molecule has 116 valence electrons. The van der Waals surface area contributed by atoms with Crippen molar-refractivity contribution >= 4 is 17.5 Å². The molecular formula is C16H18ClN3O2. The Morgan fingerprint density at radius 3 is 3.23 bits per heavy atom. The van der Waals surface area contributed by atoms with E-state index in [1.54, 1.807) is 18.3 Å². The summed E-state index contributed by atoms with van der Waals surface area (Å²) in [5.41, 5.74) is 3.18. The van der Waals surface area contributed by atoms with E-state index in [9.17, 15) is 4.79 Å². The Kier molecular flexibility index (Phi) is 4.34. The molecule has 22 heavy (non-hydrogen) atoms. The van der Waals surface area contributed by atoms with Crippen molar-refractivity contribution in [2.45, 2.75) is 26.3 Å². The molecule has 0 atom stereocenters. The fourth-order valence-electron chi connectivity index (χ4n) is 2.60. The molecule has 0 saturated carbocycles. The largest absolute Gasteiger partial charge is 0.483 e. The SMILES string of the molecule is Cc1ccc(Cl)cc1OCC(=O)N1CCCc2[nH]ncc2C1. The second-order valence-corrected chi connectivity index (χ2v) is 5.93. The zero-order valence-electron chi connectivity index (χ0n) is 12.4. The monoisotopic (exact) mass is 319 g/mol. The van der Waals surface area contributed by atoms with Crippen molar-refractivity contribution < 1.29 is 9.53 Å². The number of amides is 1. The van der Waals surface area contributed by atoms with Crippen molar-refractivity contribution in [2.24, 2.45) is 0 Å². The third-order valence-corrected chi connectivity index (χ3v) is 4.11. The lowest BCUT2D eigenvalue weighted by Gasteiger charge is -2.20. The highest BCUT2D eigenvalue weighted by Crippen LogP contribution is 2.23. The molecule has 2 aromatic rings. The van der Waals surface area contributed by atoms with Gasteiger partial charge in [-0.3, -0.25) is 9.89 Å². The van der Waals surface area contributed by atoms with E-state index in [2.05, 4.69) is 10.2 Å². The normalized spacial score (nSPS) is 14.4. The van der Waals surface area contributed by atoms with Gasteiger partial charge in [-0.25, -0.2) is 0 Å². The Morgan fingerprint density at radius 1 is 1.50 bits per heavy atom. The van der Waals surface area contributed by atoms with Gasteiger partial charge in [-0.05, 0) is 37.5 Å². The molecule has 3 rings (SSSR count). The summed E-state index contributed by atoms with van der Waals surface area (Å²) in [6.07, 6.45) is 3.65. The lowest BCUT2D eigenvalue weighted by atomic mass is 10.2. The first-order valence-corrected chi connectivity index (χ1v) is 7.69. The van der Waals surface area contributed by atoms with Gasteiger partial charge in [-0.15, -0.1) is 0 Å². The number of halogens is 1. The van der Waals surface area contributed by atoms with E-state index in [0.717, 1.165) is 36.2 Å². The van der Waals surface area contributed by atoms with Crippen LogP contribution in [0, 0.1) is 6.92 Å². The molecule has 5 nitrogen and oxygen atoms in total. The molecule has 1 aliphatic heterocycles. The summed E-state index contributed by atoms with van der Waals surface area (Å²) in [6, 6.07) is 5.42. The fourth-order valence-corrected chi connectivity index (χ4v) is 2.76. The Labute approximate surface area is 134 Å². The highest BCUT2D eigenvalue weighted by molar-refractivity contribution is 6.30. The molecule has 1 N–H and O–H groups in total. The molecule has 0 spiro atoms. The number of aryl methyl sites for hydroxylation is 2. The Balaban J connectivity index is 1.63. The van der Waals surface area contributed by atoms with Crippen molar-refractivity contribution in [3.63, 3.8) is 0 Å². The van der Waals surface area contributed by atoms with Gasteiger partial charge in [-0.1, -0.05) is 17.7 Å². The van der Waals surface area contributed by atoms with Crippen LogP contribution in [0.4, 0.5) is 0 Å². The van der Waals surface area contributed by atoms with Crippen LogP contribution in [-0.4, -0.2) is 34.2 Å². The number of aromatic amines is 1. The van der Waals surface area contributed by atoms with Gasteiger partial charge in [0.25, 0.3) is 5.91 Å². The van der Waals surface area contributed by atoms with Crippen LogP contribution < -0.4 is 4.74 Å². The van der Waals surface area contributed by atoms with Crippen LogP contribution in [0.15, 0.2) is 24.4 Å². The summed E-state index contributed by atoms with van der Waals surface area (Å²) >= 11 is 5.96. The number of nitrogens with zero attached hydrogens (tertiary/aromatic N) is 2. The number of benzene rings is 1. The summed E-state index contributed by atoms with van der Waals surface area (Å²) < 4.78 is 5.64. The zero-order chi connectivity index (χ0) is 15.5. The number of ether oxygens (including phenoxy) is 1. The van der Waals surface area contributed by atoms with Gasteiger partial charge in [0, 0.05) is 29.4 Å². The molecule has 0 unspecified atom stereocenters. The van der Waals surface area contributed by atoms with Crippen molar-refractivity contribution in [3.8, 4) is 5.75 Å². The molecule has 1 aromatic carbocycles. The van der Waals surface area contributed by atoms with Gasteiger partial charge in [-0.2, -0.15) is 5.10 Å². The maximum atomic E-state index is 12.4. The van der Waals surface area contributed by atoms with Crippen molar-refractivity contribution in [3.05, 3.63) is 46.2 Å². The minimum Gasteiger partial charge on any atom is -0.483 e. The van der Waals surface area contributed by atoms with E-state index in [4.69, 9.17) is 16.3 Å². The zero-order valence-corrected chi connectivity index (χ0v) is 13.2. The lowest BCUT2D eigenvalue weighted by molar-refractivity contribution is -0.134. The van der Waals surface area contributed by atoms with Crippen LogP contribution in [0.3, 0.4) is 0 Å². The van der Waals surface area contributed by atoms with Crippen LogP contribution in [0.5, 0.6) is 5.75 Å². The van der Waals surface area contributed by atoms with E-state index in [1.807, 2.05) is 17.9 Å². The Morgan fingerprint density at radius 2 is 2.36 bits per heavy atom. The second-order valence-electron chi connectivity index (χ2n) is 5.49. The van der Waals surface area contributed by atoms with Gasteiger partial charge in [0.2, 0.25) is 0 Å². The summed E-state index contributed by atoms with van der Waals surface area (Å²) in [7, 11) is 0. The quantitative estimate of drug-likeness (QED) is 0.946. The first-order chi connectivity index (χ1) is 10.6. The number of aromatic nitrogens is 2. The van der Waals surface area contributed by atoms with Gasteiger partial charge >= 0.3 is 0 Å². The average Bonchev–Trinajstić information content (AvgIpc) is 2.85. The molecule has 0 aliphatic carbocycles. The molecule has 0 bridgehead atoms. The maximum Gasteiger partial charge on any atom is 0.260 e.